The van der Waals surface area contributed by atoms with E-state index in [9.17, 15) is 13.6 Å². The summed E-state index contributed by atoms with van der Waals surface area (Å²) in [5, 5.41) is 6.34. The molecule has 2 heterocycles. The van der Waals surface area contributed by atoms with Gasteiger partial charge in [0.2, 0.25) is 12.7 Å². The minimum absolute atomic E-state index is 0.0792. The van der Waals surface area contributed by atoms with Crippen LogP contribution in [0, 0.1) is 11.6 Å². The summed E-state index contributed by atoms with van der Waals surface area (Å²) in [4.78, 5) is 12.0. The predicted octanol–water partition coefficient (Wildman–Crippen LogP) is 3.21. The normalized spacial score (nSPS) is 12.2. The zero-order valence-corrected chi connectivity index (χ0v) is 14.0. The van der Waals surface area contributed by atoms with Crippen LogP contribution in [0.25, 0.3) is 11.3 Å². The van der Waals surface area contributed by atoms with Crippen LogP contribution >= 0.6 is 0 Å². The van der Waals surface area contributed by atoms with E-state index in [0.717, 1.165) is 17.7 Å². The highest BCUT2D eigenvalue weighted by atomic mass is 19.1. The van der Waals surface area contributed by atoms with Crippen LogP contribution in [0.1, 0.15) is 11.3 Å². The first-order valence-electron chi connectivity index (χ1n) is 8.15. The summed E-state index contributed by atoms with van der Waals surface area (Å²) >= 11 is 0. The molecule has 1 aliphatic rings. The minimum Gasteiger partial charge on any atom is -0.454 e. The number of carbonyl (C=O) groups is 1. The van der Waals surface area contributed by atoms with Crippen molar-refractivity contribution in [2.75, 3.05) is 6.79 Å². The van der Waals surface area contributed by atoms with E-state index in [1.807, 2.05) is 0 Å². The van der Waals surface area contributed by atoms with Gasteiger partial charge in [-0.25, -0.2) is 8.78 Å². The van der Waals surface area contributed by atoms with E-state index in [4.69, 9.17) is 14.0 Å². The Morgan fingerprint density at radius 2 is 1.85 bits per heavy atom. The molecule has 0 saturated heterocycles. The molecule has 0 atom stereocenters. The van der Waals surface area contributed by atoms with Crippen LogP contribution in [-0.4, -0.2) is 17.9 Å². The number of nitrogens with zero attached hydrogens (tertiary/aromatic N) is 1. The maximum Gasteiger partial charge on any atom is 0.231 e. The van der Waals surface area contributed by atoms with Crippen molar-refractivity contribution >= 4 is 5.91 Å². The van der Waals surface area contributed by atoms with Gasteiger partial charge in [-0.3, -0.25) is 4.79 Å². The molecule has 0 radical (unpaired) electrons. The number of hydrogen-bond acceptors (Lipinski definition) is 5. The van der Waals surface area contributed by atoms with E-state index in [1.54, 1.807) is 24.3 Å². The van der Waals surface area contributed by atoms with Crippen molar-refractivity contribution in [2.24, 2.45) is 0 Å². The van der Waals surface area contributed by atoms with Gasteiger partial charge >= 0.3 is 0 Å². The summed E-state index contributed by atoms with van der Waals surface area (Å²) in [5.41, 5.74) is 0.938. The van der Waals surface area contributed by atoms with Gasteiger partial charge in [0.25, 0.3) is 0 Å². The Bertz CT molecular complexity index is 983. The molecule has 8 heteroatoms. The zero-order chi connectivity index (χ0) is 18.8. The third-order valence-corrected chi connectivity index (χ3v) is 4.08. The second kappa shape index (κ2) is 7.06. The number of nitrogens with one attached hydrogen (secondary N) is 1. The van der Waals surface area contributed by atoms with E-state index in [0.29, 0.717) is 23.0 Å². The van der Waals surface area contributed by atoms with Crippen molar-refractivity contribution in [3.05, 3.63) is 65.4 Å². The second-order valence-corrected chi connectivity index (χ2v) is 5.90. The lowest BCUT2D eigenvalue weighted by Gasteiger charge is -2.06. The Morgan fingerprint density at radius 1 is 1.07 bits per heavy atom. The highest BCUT2D eigenvalue weighted by molar-refractivity contribution is 5.78. The standard InChI is InChI=1S/C19H14F2N2O4/c20-14-2-1-3-15(21)13(14)9-22-19(24)8-12-7-17(27-23-12)11-4-5-16-18(6-11)26-10-25-16/h1-7H,8-10H2,(H,22,24). The van der Waals surface area contributed by atoms with Gasteiger partial charge in [0.05, 0.1) is 12.1 Å². The molecule has 2 aromatic carbocycles. The van der Waals surface area contributed by atoms with Crippen LogP contribution in [0.3, 0.4) is 0 Å². The molecular weight excluding hydrogens is 358 g/mol. The number of carbonyl (C=O) groups excluding carboxylic acids is 1. The fourth-order valence-electron chi connectivity index (χ4n) is 2.70. The van der Waals surface area contributed by atoms with Crippen molar-refractivity contribution in [3.8, 4) is 22.8 Å². The van der Waals surface area contributed by atoms with Crippen molar-refractivity contribution < 1.29 is 27.6 Å². The summed E-state index contributed by atoms with van der Waals surface area (Å²) in [6.07, 6.45) is -0.0792. The fourth-order valence-corrected chi connectivity index (χ4v) is 2.70. The molecule has 1 aliphatic heterocycles. The SMILES string of the molecule is O=C(Cc1cc(-c2ccc3c(c2)OCO3)on1)NCc1c(F)cccc1F. The maximum atomic E-state index is 13.6. The molecule has 27 heavy (non-hydrogen) atoms. The van der Waals surface area contributed by atoms with Crippen molar-refractivity contribution in [1.82, 2.24) is 10.5 Å². The van der Waals surface area contributed by atoms with Gasteiger partial charge in [-0.15, -0.1) is 0 Å². The molecule has 4 rings (SSSR count). The number of fused-ring (bicyclic) bond motifs is 1. The largest absolute Gasteiger partial charge is 0.454 e. The second-order valence-electron chi connectivity index (χ2n) is 5.90. The van der Waals surface area contributed by atoms with E-state index in [1.165, 1.54) is 6.07 Å². The molecule has 138 valence electrons. The molecule has 0 fully saturated rings. The number of amides is 1. The molecule has 0 spiro atoms. The van der Waals surface area contributed by atoms with Gasteiger partial charge in [-0.2, -0.15) is 0 Å². The third kappa shape index (κ3) is 3.59. The Balaban J connectivity index is 1.40. The van der Waals surface area contributed by atoms with Crippen LogP contribution in [0.15, 0.2) is 47.0 Å². The lowest BCUT2D eigenvalue weighted by atomic mass is 10.1. The van der Waals surface area contributed by atoms with Crippen molar-refractivity contribution in [1.29, 1.82) is 0 Å². The third-order valence-electron chi connectivity index (χ3n) is 4.08. The highest BCUT2D eigenvalue weighted by Crippen LogP contribution is 2.36. The molecule has 0 unspecified atom stereocenters. The van der Waals surface area contributed by atoms with E-state index in [-0.39, 0.29) is 25.3 Å². The van der Waals surface area contributed by atoms with E-state index in [2.05, 4.69) is 10.5 Å². The van der Waals surface area contributed by atoms with Crippen molar-refractivity contribution in [3.63, 3.8) is 0 Å². The van der Waals surface area contributed by atoms with Gasteiger partial charge in [-0.1, -0.05) is 11.2 Å². The molecule has 6 nitrogen and oxygen atoms in total. The van der Waals surface area contributed by atoms with Crippen molar-refractivity contribution in [2.45, 2.75) is 13.0 Å². The van der Waals surface area contributed by atoms with E-state index < -0.39 is 17.5 Å². The van der Waals surface area contributed by atoms with Crippen LogP contribution < -0.4 is 14.8 Å². The zero-order valence-electron chi connectivity index (χ0n) is 14.0. The van der Waals surface area contributed by atoms with Crippen LogP contribution in [-0.2, 0) is 17.8 Å². The molecule has 3 aromatic rings. The minimum atomic E-state index is -0.707. The summed E-state index contributed by atoms with van der Waals surface area (Å²) in [6, 6.07) is 10.5. The number of halogens is 2. The van der Waals surface area contributed by atoms with Gasteiger partial charge in [0, 0.05) is 23.7 Å². The Hall–Kier alpha value is -3.42. The summed E-state index contributed by atoms with van der Waals surface area (Å²) in [6.45, 7) is -0.0760. The van der Waals surface area contributed by atoms with Crippen LogP contribution in [0.4, 0.5) is 8.78 Å². The molecule has 1 aromatic heterocycles. The van der Waals surface area contributed by atoms with Gasteiger partial charge in [-0.05, 0) is 30.3 Å². The molecule has 1 amide bonds. The monoisotopic (exact) mass is 372 g/mol. The first kappa shape index (κ1) is 17.0. The van der Waals surface area contributed by atoms with Gasteiger partial charge < -0.3 is 19.3 Å². The predicted molar refractivity (Wildman–Crippen MR) is 90.0 cm³/mol. The van der Waals surface area contributed by atoms with Gasteiger partial charge in [0.15, 0.2) is 17.3 Å². The Morgan fingerprint density at radius 3 is 2.67 bits per heavy atom. The molecule has 0 saturated carbocycles. The van der Waals surface area contributed by atoms with Crippen LogP contribution in [0.2, 0.25) is 0 Å². The quantitative estimate of drug-likeness (QED) is 0.745. The van der Waals surface area contributed by atoms with Crippen LogP contribution in [0.5, 0.6) is 11.5 Å². The number of hydrogen-bond donors (Lipinski definition) is 1. The highest BCUT2D eigenvalue weighted by Gasteiger charge is 2.17. The molecule has 1 N–H and O–H groups in total. The fraction of sp³-hybridized carbons (Fsp3) is 0.158. The number of rotatable bonds is 5. The molecule has 0 aliphatic carbocycles. The number of benzene rings is 2. The topological polar surface area (TPSA) is 73.6 Å². The molecule has 0 bridgehead atoms. The summed E-state index contributed by atoms with van der Waals surface area (Å²) < 4.78 is 43.0. The average Bonchev–Trinajstić information content (AvgIpc) is 3.29. The Labute approximate surface area is 152 Å². The first-order chi connectivity index (χ1) is 13.1. The lowest BCUT2D eigenvalue weighted by molar-refractivity contribution is -0.120. The van der Waals surface area contributed by atoms with Gasteiger partial charge in [0.1, 0.15) is 11.6 Å². The lowest BCUT2D eigenvalue weighted by Crippen LogP contribution is -2.25. The number of aromatic nitrogens is 1. The Kier molecular flexibility index (Phi) is 4.45. The maximum absolute atomic E-state index is 13.6. The smallest absolute Gasteiger partial charge is 0.231 e. The first-order valence-corrected chi connectivity index (χ1v) is 8.15. The molecular formula is C19H14F2N2O4. The summed E-state index contributed by atoms with van der Waals surface area (Å²) in [7, 11) is 0. The average molecular weight is 372 g/mol. The number of ether oxygens (including phenoxy) is 2. The summed E-state index contributed by atoms with van der Waals surface area (Å²) in [5.74, 6) is -0.114. The van der Waals surface area contributed by atoms with E-state index >= 15 is 0 Å².